The Labute approximate surface area is 127 Å². The predicted molar refractivity (Wildman–Crippen MR) is 86.3 cm³/mol. The lowest BCUT2D eigenvalue weighted by Gasteiger charge is -2.32. The number of carbonyl (C=O) groups excluding carboxylic acids is 1. The highest BCUT2D eigenvalue weighted by Crippen LogP contribution is 2.14. The van der Waals surface area contributed by atoms with Crippen LogP contribution in [0.4, 0.5) is 0 Å². The van der Waals surface area contributed by atoms with Crippen molar-refractivity contribution in [3.8, 4) is 0 Å². The highest BCUT2D eigenvalue weighted by molar-refractivity contribution is 5.93. The van der Waals surface area contributed by atoms with E-state index in [4.69, 9.17) is 5.73 Å². The van der Waals surface area contributed by atoms with E-state index in [1.54, 1.807) is 0 Å². The molecule has 1 aromatic carbocycles. The van der Waals surface area contributed by atoms with Crippen LogP contribution in [0.2, 0.25) is 0 Å². The number of nitrogens with zero attached hydrogens (tertiary/aromatic N) is 1. The molecule has 1 heterocycles. The smallest absolute Gasteiger partial charge is 0.248 e. The first-order valence-electron chi connectivity index (χ1n) is 7.95. The average molecular weight is 289 g/mol. The van der Waals surface area contributed by atoms with Gasteiger partial charge in [0, 0.05) is 18.2 Å². The summed E-state index contributed by atoms with van der Waals surface area (Å²) >= 11 is 0. The number of hydrogen-bond acceptors (Lipinski definition) is 3. The number of amides is 1. The minimum Gasteiger partial charge on any atom is -0.366 e. The normalized spacial score (nSPS) is 17.0. The molecule has 0 aromatic heterocycles. The SMILES string of the molecule is CCCN1CCC(NCc2ccc(C(N)=O)cc2C)CC1. The van der Waals surface area contributed by atoms with Crippen LogP contribution < -0.4 is 11.1 Å². The summed E-state index contributed by atoms with van der Waals surface area (Å²) in [5, 5.41) is 3.65. The second-order valence-electron chi connectivity index (χ2n) is 6.00. The molecular weight excluding hydrogens is 262 g/mol. The largest absolute Gasteiger partial charge is 0.366 e. The Hall–Kier alpha value is -1.39. The van der Waals surface area contributed by atoms with Crippen LogP contribution in [0.25, 0.3) is 0 Å². The van der Waals surface area contributed by atoms with E-state index in [1.165, 1.54) is 44.5 Å². The molecular formula is C17H27N3O. The van der Waals surface area contributed by atoms with Crippen LogP contribution in [0.1, 0.15) is 47.7 Å². The van der Waals surface area contributed by atoms with Gasteiger partial charge in [0.15, 0.2) is 0 Å². The van der Waals surface area contributed by atoms with Gasteiger partial charge in [0.2, 0.25) is 5.91 Å². The highest BCUT2D eigenvalue weighted by Gasteiger charge is 2.18. The van der Waals surface area contributed by atoms with Crippen molar-refractivity contribution in [2.75, 3.05) is 19.6 Å². The molecule has 0 spiro atoms. The number of benzene rings is 1. The van der Waals surface area contributed by atoms with Gasteiger partial charge in [0.05, 0.1) is 0 Å². The Bertz CT molecular complexity index is 479. The molecule has 4 nitrogen and oxygen atoms in total. The van der Waals surface area contributed by atoms with Gasteiger partial charge in [-0.2, -0.15) is 0 Å². The first-order valence-corrected chi connectivity index (χ1v) is 7.95. The molecule has 0 saturated carbocycles. The third kappa shape index (κ3) is 4.55. The van der Waals surface area contributed by atoms with E-state index in [0.29, 0.717) is 11.6 Å². The van der Waals surface area contributed by atoms with Gasteiger partial charge in [0.1, 0.15) is 0 Å². The van der Waals surface area contributed by atoms with Crippen LogP contribution >= 0.6 is 0 Å². The molecule has 4 heteroatoms. The van der Waals surface area contributed by atoms with Gasteiger partial charge in [-0.25, -0.2) is 0 Å². The fraction of sp³-hybridized carbons (Fsp3) is 0.588. The second kappa shape index (κ2) is 7.57. The molecule has 1 amide bonds. The van der Waals surface area contributed by atoms with Gasteiger partial charge in [-0.05, 0) is 69.1 Å². The Morgan fingerprint density at radius 1 is 1.38 bits per heavy atom. The first kappa shape index (κ1) is 16.0. The van der Waals surface area contributed by atoms with E-state index in [-0.39, 0.29) is 5.91 Å². The fourth-order valence-corrected chi connectivity index (χ4v) is 2.98. The third-order valence-electron chi connectivity index (χ3n) is 4.34. The van der Waals surface area contributed by atoms with Gasteiger partial charge in [-0.1, -0.05) is 13.0 Å². The number of nitrogens with two attached hydrogens (primary N) is 1. The van der Waals surface area contributed by atoms with Crippen molar-refractivity contribution < 1.29 is 4.79 Å². The number of likely N-dealkylation sites (tertiary alicyclic amines) is 1. The Balaban J connectivity index is 1.82. The van der Waals surface area contributed by atoms with Gasteiger partial charge >= 0.3 is 0 Å². The van der Waals surface area contributed by atoms with Crippen molar-refractivity contribution in [1.29, 1.82) is 0 Å². The third-order valence-corrected chi connectivity index (χ3v) is 4.34. The second-order valence-corrected chi connectivity index (χ2v) is 6.00. The number of rotatable bonds is 6. The average Bonchev–Trinajstić information content (AvgIpc) is 2.47. The zero-order valence-electron chi connectivity index (χ0n) is 13.2. The molecule has 1 saturated heterocycles. The van der Waals surface area contributed by atoms with E-state index < -0.39 is 0 Å². The van der Waals surface area contributed by atoms with Crippen LogP contribution in [0.3, 0.4) is 0 Å². The quantitative estimate of drug-likeness (QED) is 0.843. The number of carbonyl (C=O) groups is 1. The van der Waals surface area contributed by atoms with E-state index in [1.807, 2.05) is 25.1 Å². The molecule has 1 aromatic rings. The van der Waals surface area contributed by atoms with Crippen molar-refractivity contribution >= 4 is 5.91 Å². The van der Waals surface area contributed by atoms with E-state index in [0.717, 1.165) is 12.1 Å². The maximum Gasteiger partial charge on any atom is 0.248 e. The molecule has 3 N–H and O–H groups in total. The molecule has 0 unspecified atom stereocenters. The van der Waals surface area contributed by atoms with Crippen molar-refractivity contribution in [3.63, 3.8) is 0 Å². The van der Waals surface area contributed by atoms with Gasteiger partial charge in [-0.15, -0.1) is 0 Å². The minimum atomic E-state index is -0.360. The summed E-state index contributed by atoms with van der Waals surface area (Å²) in [5.74, 6) is -0.360. The predicted octanol–water partition coefficient (Wildman–Crippen LogP) is 2.06. The molecule has 116 valence electrons. The summed E-state index contributed by atoms with van der Waals surface area (Å²) in [6, 6.07) is 6.31. The molecule has 1 aliphatic rings. The van der Waals surface area contributed by atoms with Gasteiger partial charge in [0.25, 0.3) is 0 Å². The van der Waals surface area contributed by atoms with Crippen molar-refractivity contribution in [2.24, 2.45) is 5.73 Å². The summed E-state index contributed by atoms with van der Waals surface area (Å²) in [6.45, 7) is 8.76. The van der Waals surface area contributed by atoms with E-state index >= 15 is 0 Å². The number of primary amides is 1. The summed E-state index contributed by atoms with van der Waals surface area (Å²) in [7, 11) is 0. The van der Waals surface area contributed by atoms with Crippen LogP contribution in [0.5, 0.6) is 0 Å². The van der Waals surface area contributed by atoms with Crippen LogP contribution in [0.15, 0.2) is 18.2 Å². The van der Waals surface area contributed by atoms with Crippen LogP contribution in [-0.4, -0.2) is 36.5 Å². The molecule has 0 bridgehead atoms. The number of piperidine rings is 1. The lowest BCUT2D eigenvalue weighted by molar-refractivity contribution is 0.1000. The maximum absolute atomic E-state index is 11.2. The molecule has 2 rings (SSSR count). The zero-order valence-corrected chi connectivity index (χ0v) is 13.2. The standard InChI is InChI=1S/C17H27N3O/c1-3-8-20-9-6-16(7-10-20)19-12-15-5-4-14(17(18)21)11-13(15)2/h4-5,11,16,19H,3,6-10,12H2,1-2H3,(H2,18,21). The molecule has 21 heavy (non-hydrogen) atoms. The summed E-state index contributed by atoms with van der Waals surface area (Å²) in [4.78, 5) is 13.7. The number of nitrogens with one attached hydrogen (secondary N) is 1. The van der Waals surface area contributed by atoms with Crippen molar-refractivity contribution in [1.82, 2.24) is 10.2 Å². The van der Waals surface area contributed by atoms with Crippen molar-refractivity contribution in [3.05, 3.63) is 34.9 Å². The molecule has 0 atom stereocenters. The van der Waals surface area contributed by atoms with Gasteiger partial charge < -0.3 is 16.0 Å². The summed E-state index contributed by atoms with van der Waals surface area (Å²) < 4.78 is 0. The summed E-state index contributed by atoms with van der Waals surface area (Å²) in [6.07, 6.45) is 3.68. The van der Waals surface area contributed by atoms with E-state index in [2.05, 4.69) is 17.1 Å². The summed E-state index contributed by atoms with van der Waals surface area (Å²) in [5.41, 5.74) is 8.26. The zero-order chi connectivity index (χ0) is 15.2. The Morgan fingerprint density at radius 3 is 2.67 bits per heavy atom. The van der Waals surface area contributed by atoms with Gasteiger partial charge in [-0.3, -0.25) is 4.79 Å². The van der Waals surface area contributed by atoms with E-state index in [9.17, 15) is 4.79 Å². The molecule has 1 aliphatic heterocycles. The van der Waals surface area contributed by atoms with Crippen molar-refractivity contribution in [2.45, 2.75) is 45.7 Å². The Morgan fingerprint density at radius 2 is 2.10 bits per heavy atom. The minimum absolute atomic E-state index is 0.360. The Kier molecular flexibility index (Phi) is 5.76. The fourth-order valence-electron chi connectivity index (χ4n) is 2.98. The van der Waals surface area contributed by atoms with Crippen LogP contribution in [0, 0.1) is 6.92 Å². The number of aryl methyl sites for hydroxylation is 1. The molecule has 0 radical (unpaired) electrons. The van der Waals surface area contributed by atoms with Crippen LogP contribution in [-0.2, 0) is 6.54 Å². The number of hydrogen-bond donors (Lipinski definition) is 2. The first-order chi connectivity index (χ1) is 10.1. The molecule has 1 fully saturated rings. The molecule has 0 aliphatic carbocycles. The highest BCUT2D eigenvalue weighted by atomic mass is 16.1. The maximum atomic E-state index is 11.2. The monoisotopic (exact) mass is 289 g/mol. The lowest BCUT2D eigenvalue weighted by atomic mass is 10.0. The topological polar surface area (TPSA) is 58.4 Å². The lowest BCUT2D eigenvalue weighted by Crippen LogP contribution is -2.42.